The van der Waals surface area contributed by atoms with E-state index in [2.05, 4.69) is 6.07 Å². The van der Waals surface area contributed by atoms with Crippen molar-refractivity contribution in [3.8, 4) is 11.8 Å². The van der Waals surface area contributed by atoms with Crippen molar-refractivity contribution in [3.05, 3.63) is 29.8 Å². The Morgan fingerprint density at radius 1 is 1.24 bits per heavy atom. The van der Waals surface area contributed by atoms with Crippen molar-refractivity contribution in [2.75, 3.05) is 6.61 Å². The van der Waals surface area contributed by atoms with E-state index in [9.17, 15) is 0 Å². The van der Waals surface area contributed by atoms with Gasteiger partial charge in [-0.1, -0.05) is 31.4 Å². The van der Waals surface area contributed by atoms with Crippen LogP contribution in [-0.4, -0.2) is 6.61 Å². The zero-order valence-electron chi connectivity index (χ0n) is 10.2. The molecule has 0 radical (unpaired) electrons. The summed E-state index contributed by atoms with van der Waals surface area (Å²) in [6, 6.07) is 10.0. The van der Waals surface area contributed by atoms with Crippen LogP contribution in [0, 0.1) is 17.2 Å². The summed E-state index contributed by atoms with van der Waals surface area (Å²) in [5, 5.41) is 8.65. The second-order valence-corrected chi connectivity index (χ2v) is 4.80. The summed E-state index contributed by atoms with van der Waals surface area (Å²) in [6.45, 7) is 0.829. The summed E-state index contributed by atoms with van der Waals surface area (Å²) in [4.78, 5) is 0. The van der Waals surface area contributed by atoms with Gasteiger partial charge in [-0.2, -0.15) is 5.26 Å². The van der Waals surface area contributed by atoms with E-state index >= 15 is 0 Å². The molecule has 17 heavy (non-hydrogen) atoms. The Kier molecular flexibility index (Phi) is 4.44. The van der Waals surface area contributed by atoms with E-state index in [4.69, 9.17) is 10.00 Å². The van der Waals surface area contributed by atoms with E-state index in [0.29, 0.717) is 6.42 Å². The molecule has 1 aromatic carbocycles. The van der Waals surface area contributed by atoms with Crippen molar-refractivity contribution in [1.82, 2.24) is 0 Å². The Bertz CT molecular complexity index is 388. The van der Waals surface area contributed by atoms with Gasteiger partial charge < -0.3 is 4.74 Å². The molecular formula is C15H19NO. The van der Waals surface area contributed by atoms with Crippen molar-refractivity contribution >= 4 is 0 Å². The Morgan fingerprint density at radius 3 is 2.82 bits per heavy atom. The summed E-state index contributed by atoms with van der Waals surface area (Å²) in [5.41, 5.74) is 1.04. The highest BCUT2D eigenvalue weighted by Crippen LogP contribution is 2.24. The molecule has 2 rings (SSSR count). The first-order chi connectivity index (χ1) is 8.38. The second kappa shape index (κ2) is 6.30. The van der Waals surface area contributed by atoms with Crippen LogP contribution in [0.5, 0.6) is 5.75 Å². The van der Waals surface area contributed by atoms with Crippen molar-refractivity contribution in [1.29, 1.82) is 5.26 Å². The number of nitriles is 1. The maximum absolute atomic E-state index is 8.65. The summed E-state index contributed by atoms with van der Waals surface area (Å²) in [6.07, 6.45) is 7.15. The van der Waals surface area contributed by atoms with Gasteiger partial charge in [-0.3, -0.25) is 0 Å². The zero-order chi connectivity index (χ0) is 11.9. The molecule has 0 amide bonds. The smallest absolute Gasteiger partial charge is 0.119 e. The molecule has 1 aliphatic rings. The summed E-state index contributed by atoms with van der Waals surface area (Å²) >= 11 is 0. The highest BCUT2D eigenvalue weighted by molar-refractivity contribution is 5.30. The predicted molar refractivity (Wildman–Crippen MR) is 67.8 cm³/mol. The second-order valence-electron chi connectivity index (χ2n) is 4.80. The highest BCUT2D eigenvalue weighted by Gasteiger charge is 2.13. The molecule has 0 spiro atoms. The Hall–Kier alpha value is -1.49. The molecule has 1 aromatic rings. The minimum atomic E-state index is 0.459. The Balaban J connectivity index is 1.85. The molecule has 0 heterocycles. The van der Waals surface area contributed by atoms with Gasteiger partial charge in [0.05, 0.1) is 19.1 Å². The zero-order valence-corrected chi connectivity index (χ0v) is 10.2. The number of ether oxygens (including phenoxy) is 1. The van der Waals surface area contributed by atoms with Gasteiger partial charge in [0.2, 0.25) is 0 Å². The van der Waals surface area contributed by atoms with Crippen molar-refractivity contribution in [3.63, 3.8) is 0 Å². The molecule has 0 aliphatic heterocycles. The number of hydrogen-bond acceptors (Lipinski definition) is 2. The largest absolute Gasteiger partial charge is 0.493 e. The molecule has 0 aromatic heterocycles. The third kappa shape index (κ3) is 3.78. The van der Waals surface area contributed by atoms with Crippen molar-refractivity contribution in [2.24, 2.45) is 5.92 Å². The number of benzene rings is 1. The molecule has 0 atom stereocenters. The molecule has 0 bridgehead atoms. The van der Waals surface area contributed by atoms with Crippen LogP contribution >= 0.6 is 0 Å². The normalized spacial score (nSPS) is 16.4. The molecule has 90 valence electrons. The quantitative estimate of drug-likeness (QED) is 0.788. The fraction of sp³-hybridized carbons (Fsp3) is 0.533. The molecule has 2 nitrogen and oxygen atoms in total. The molecule has 2 heteroatoms. The van der Waals surface area contributed by atoms with E-state index in [1.807, 2.05) is 24.3 Å². The van der Waals surface area contributed by atoms with E-state index in [-0.39, 0.29) is 0 Å². The molecule has 1 saturated carbocycles. The molecule has 1 fully saturated rings. The fourth-order valence-corrected chi connectivity index (χ4v) is 2.40. The SMILES string of the molecule is N#CCc1cccc(OCC2CCCCC2)c1. The monoisotopic (exact) mass is 229 g/mol. The van der Waals surface area contributed by atoms with Gasteiger partial charge in [0, 0.05) is 0 Å². The Morgan fingerprint density at radius 2 is 2.06 bits per heavy atom. The van der Waals surface area contributed by atoms with E-state index in [1.54, 1.807) is 0 Å². The van der Waals surface area contributed by atoms with Crippen LogP contribution in [0.3, 0.4) is 0 Å². The van der Waals surface area contributed by atoms with Gasteiger partial charge in [-0.25, -0.2) is 0 Å². The van der Waals surface area contributed by atoms with Gasteiger partial charge >= 0.3 is 0 Å². The van der Waals surface area contributed by atoms with E-state index in [1.165, 1.54) is 32.1 Å². The van der Waals surface area contributed by atoms with Gasteiger partial charge in [-0.05, 0) is 36.5 Å². The minimum Gasteiger partial charge on any atom is -0.493 e. The molecule has 0 saturated heterocycles. The maximum atomic E-state index is 8.65. The molecular weight excluding hydrogens is 210 g/mol. The van der Waals surface area contributed by atoms with Crippen molar-refractivity contribution in [2.45, 2.75) is 38.5 Å². The summed E-state index contributed by atoms with van der Waals surface area (Å²) < 4.78 is 5.82. The minimum absolute atomic E-state index is 0.459. The average molecular weight is 229 g/mol. The first-order valence-corrected chi connectivity index (χ1v) is 6.47. The van der Waals surface area contributed by atoms with E-state index < -0.39 is 0 Å². The predicted octanol–water partition coefficient (Wildman–Crippen LogP) is 3.71. The number of hydrogen-bond donors (Lipinski definition) is 0. The van der Waals surface area contributed by atoms with Crippen LogP contribution in [-0.2, 0) is 6.42 Å². The Labute approximate surface area is 103 Å². The fourth-order valence-electron chi connectivity index (χ4n) is 2.40. The van der Waals surface area contributed by atoms with Crippen molar-refractivity contribution < 1.29 is 4.74 Å². The van der Waals surface area contributed by atoms with Crippen LogP contribution in [0.2, 0.25) is 0 Å². The van der Waals surface area contributed by atoms with Crippen LogP contribution in [0.15, 0.2) is 24.3 Å². The lowest BCUT2D eigenvalue weighted by molar-refractivity contribution is 0.208. The average Bonchev–Trinajstić information content (AvgIpc) is 2.39. The van der Waals surface area contributed by atoms with Crippen LogP contribution in [0.1, 0.15) is 37.7 Å². The number of nitrogens with zero attached hydrogens (tertiary/aromatic N) is 1. The highest BCUT2D eigenvalue weighted by atomic mass is 16.5. The van der Waals surface area contributed by atoms with Gasteiger partial charge in [0.25, 0.3) is 0 Å². The third-order valence-electron chi connectivity index (χ3n) is 3.39. The van der Waals surface area contributed by atoms with Crippen LogP contribution < -0.4 is 4.74 Å². The van der Waals surface area contributed by atoms with Crippen LogP contribution in [0.25, 0.3) is 0 Å². The topological polar surface area (TPSA) is 33.0 Å². The van der Waals surface area contributed by atoms with Gasteiger partial charge in [-0.15, -0.1) is 0 Å². The first kappa shape index (κ1) is 12.0. The summed E-state index contributed by atoms with van der Waals surface area (Å²) in [5.74, 6) is 1.63. The molecule has 0 N–H and O–H groups in total. The molecule has 1 aliphatic carbocycles. The lowest BCUT2D eigenvalue weighted by Crippen LogP contribution is -2.15. The lowest BCUT2D eigenvalue weighted by atomic mass is 9.90. The van der Waals surface area contributed by atoms with Crippen LogP contribution in [0.4, 0.5) is 0 Å². The standard InChI is InChI=1S/C15H19NO/c16-10-9-13-7-4-8-15(11-13)17-12-14-5-2-1-3-6-14/h4,7-8,11,14H,1-3,5-6,9,12H2. The molecule has 0 unspecified atom stereocenters. The van der Waals surface area contributed by atoms with E-state index in [0.717, 1.165) is 23.8 Å². The lowest BCUT2D eigenvalue weighted by Gasteiger charge is -2.21. The third-order valence-corrected chi connectivity index (χ3v) is 3.39. The number of rotatable bonds is 4. The maximum Gasteiger partial charge on any atom is 0.119 e. The summed E-state index contributed by atoms with van der Waals surface area (Å²) in [7, 11) is 0. The van der Waals surface area contributed by atoms with Gasteiger partial charge in [0.15, 0.2) is 0 Å². The van der Waals surface area contributed by atoms with Gasteiger partial charge in [0.1, 0.15) is 5.75 Å². The first-order valence-electron chi connectivity index (χ1n) is 6.47.